The Morgan fingerprint density at radius 3 is 2.56 bits per heavy atom. The van der Waals surface area contributed by atoms with Crippen molar-refractivity contribution < 1.29 is 9.84 Å². The molecular formula is C21H36IN3O2. The first kappa shape index (κ1) is 24.0. The summed E-state index contributed by atoms with van der Waals surface area (Å²) in [5.41, 5.74) is 2.52. The maximum atomic E-state index is 9.49. The van der Waals surface area contributed by atoms with Gasteiger partial charge in [0.25, 0.3) is 0 Å². The number of nitrogens with one attached hydrogen (secondary N) is 2. The van der Waals surface area contributed by atoms with Gasteiger partial charge in [-0.25, -0.2) is 4.99 Å². The van der Waals surface area contributed by atoms with Crippen molar-refractivity contribution in [3.05, 3.63) is 29.3 Å². The van der Waals surface area contributed by atoms with Crippen LogP contribution in [0.1, 0.15) is 56.6 Å². The molecule has 0 saturated heterocycles. The highest BCUT2D eigenvalue weighted by atomic mass is 127. The van der Waals surface area contributed by atoms with Gasteiger partial charge in [-0.05, 0) is 61.8 Å². The number of nitrogens with zero attached hydrogens (tertiary/aromatic N) is 1. The molecule has 0 bridgehead atoms. The van der Waals surface area contributed by atoms with E-state index in [0.29, 0.717) is 6.54 Å². The number of guanidine groups is 1. The molecular weight excluding hydrogens is 453 g/mol. The van der Waals surface area contributed by atoms with Crippen LogP contribution in [0, 0.1) is 12.3 Å². The number of aliphatic hydroxyl groups excluding tert-OH is 1. The van der Waals surface area contributed by atoms with E-state index in [2.05, 4.69) is 30.5 Å². The molecule has 27 heavy (non-hydrogen) atoms. The zero-order valence-electron chi connectivity index (χ0n) is 17.0. The van der Waals surface area contributed by atoms with Crippen LogP contribution in [0.4, 0.5) is 0 Å². The molecule has 1 saturated carbocycles. The van der Waals surface area contributed by atoms with Crippen molar-refractivity contribution in [2.75, 3.05) is 26.8 Å². The van der Waals surface area contributed by atoms with Crippen LogP contribution in [0.5, 0.6) is 5.75 Å². The third-order valence-corrected chi connectivity index (χ3v) is 5.30. The van der Waals surface area contributed by atoms with Crippen molar-refractivity contribution in [3.8, 4) is 5.75 Å². The van der Waals surface area contributed by atoms with Crippen LogP contribution in [0.3, 0.4) is 0 Å². The summed E-state index contributed by atoms with van der Waals surface area (Å²) in [6.45, 7) is 6.73. The number of ether oxygens (including phenoxy) is 1. The lowest BCUT2D eigenvalue weighted by molar-refractivity contribution is 0.131. The van der Waals surface area contributed by atoms with Crippen molar-refractivity contribution >= 4 is 29.9 Å². The lowest BCUT2D eigenvalue weighted by Crippen LogP contribution is -2.44. The van der Waals surface area contributed by atoms with Crippen LogP contribution in [-0.4, -0.2) is 37.9 Å². The number of benzene rings is 1. The fourth-order valence-corrected chi connectivity index (χ4v) is 3.87. The third kappa shape index (κ3) is 7.86. The molecule has 2 rings (SSSR count). The van der Waals surface area contributed by atoms with Crippen LogP contribution in [0.2, 0.25) is 0 Å². The van der Waals surface area contributed by atoms with Crippen molar-refractivity contribution in [1.29, 1.82) is 0 Å². The molecule has 1 aromatic carbocycles. The molecule has 1 aromatic rings. The van der Waals surface area contributed by atoms with E-state index in [1.54, 1.807) is 7.11 Å². The Labute approximate surface area is 181 Å². The fraction of sp³-hybridized carbons (Fsp3) is 0.667. The highest BCUT2D eigenvalue weighted by Crippen LogP contribution is 2.38. The molecule has 3 N–H and O–H groups in total. The van der Waals surface area contributed by atoms with Crippen LogP contribution in [-0.2, 0) is 6.54 Å². The molecule has 0 radical (unpaired) electrons. The number of aliphatic imine (C=N–C) groups is 1. The molecule has 0 spiro atoms. The number of aliphatic hydroxyl groups is 1. The van der Waals surface area contributed by atoms with Crippen molar-refractivity contribution in [2.45, 2.75) is 58.9 Å². The quantitative estimate of drug-likeness (QED) is 0.293. The Morgan fingerprint density at radius 1 is 1.19 bits per heavy atom. The summed E-state index contributed by atoms with van der Waals surface area (Å²) < 4.78 is 5.35. The molecule has 6 heteroatoms. The van der Waals surface area contributed by atoms with E-state index in [9.17, 15) is 5.11 Å². The normalized spacial score (nSPS) is 16.4. The van der Waals surface area contributed by atoms with Gasteiger partial charge in [-0.15, -0.1) is 24.0 Å². The zero-order chi connectivity index (χ0) is 18.8. The Morgan fingerprint density at radius 2 is 1.93 bits per heavy atom. The first-order chi connectivity index (χ1) is 12.6. The van der Waals surface area contributed by atoms with Crippen molar-refractivity contribution in [2.24, 2.45) is 10.4 Å². The molecule has 1 fully saturated rings. The summed E-state index contributed by atoms with van der Waals surface area (Å²) in [5.74, 6) is 1.72. The molecule has 0 aromatic heterocycles. The van der Waals surface area contributed by atoms with E-state index >= 15 is 0 Å². The van der Waals surface area contributed by atoms with E-state index in [-0.39, 0.29) is 36.0 Å². The first-order valence-electron chi connectivity index (χ1n) is 9.88. The van der Waals surface area contributed by atoms with Crippen LogP contribution in [0.25, 0.3) is 0 Å². The van der Waals surface area contributed by atoms with Gasteiger partial charge < -0.3 is 20.5 Å². The van der Waals surface area contributed by atoms with Gasteiger partial charge in [0, 0.05) is 19.7 Å². The molecule has 1 aliphatic carbocycles. The molecule has 0 amide bonds. The summed E-state index contributed by atoms with van der Waals surface area (Å²) >= 11 is 0. The maximum absolute atomic E-state index is 9.49. The minimum atomic E-state index is 0. The predicted molar refractivity (Wildman–Crippen MR) is 123 cm³/mol. The molecule has 1 aliphatic rings. The lowest BCUT2D eigenvalue weighted by atomic mass is 9.72. The first-order valence-corrected chi connectivity index (χ1v) is 9.88. The smallest absolute Gasteiger partial charge is 0.191 e. The second-order valence-electron chi connectivity index (χ2n) is 7.44. The average Bonchev–Trinajstić information content (AvgIpc) is 2.64. The number of hydrogen-bond donors (Lipinski definition) is 3. The average molecular weight is 489 g/mol. The van der Waals surface area contributed by atoms with E-state index in [1.807, 2.05) is 12.1 Å². The molecule has 0 aliphatic heterocycles. The lowest BCUT2D eigenvalue weighted by Gasteiger charge is -2.37. The van der Waals surface area contributed by atoms with Crippen molar-refractivity contribution in [3.63, 3.8) is 0 Å². The molecule has 154 valence electrons. The Hall–Kier alpha value is -1.02. The van der Waals surface area contributed by atoms with Gasteiger partial charge in [-0.1, -0.05) is 25.3 Å². The predicted octanol–water partition coefficient (Wildman–Crippen LogP) is 4.01. The minimum absolute atomic E-state index is 0. The fourth-order valence-electron chi connectivity index (χ4n) is 3.87. The summed E-state index contributed by atoms with van der Waals surface area (Å²) in [6.07, 6.45) is 7.09. The monoisotopic (exact) mass is 489 g/mol. The zero-order valence-corrected chi connectivity index (χ0v) is 19.3. The third-order valence-electron chi connectivity index (χ3n) is 5.30. The summed E-state index contributed by atoms with van der Waals surface area (Å²) in [6, 6.07) is 6.21. The van der Waals surface area contributed by atoms with E-state index in [1.165, 1.54) is 37.7 Å². The van der Waals surface area contributed by atoms with Crippen molar-refractivity contribution in [1.82, 2.24) is 10.6 Å². The maximum Gasteiger partial charge on any atom is 0.191 e. The van der Waals surface area contributed by atoms with E-state index in [0.717, 1.165) is 36.8 Å². The van der Waals surface area contributed by atoms with Gasteiger partial charge in [0.05, 0.1) is 13.7 Å². The summed E-state index contributed by atoms with van der Waals surface area (Å²) in [7, 11) is 1.69. The number of methoxy groups -OCH3 is 1. The SMILES string of the molecule is CCNC(=NCc1cc(C)cc(OC)c1)NCC1(CCO)CCCCC1.I. The van der Waals surface area contributed by atoms with Gasteiger partial charge in [0.1, 0.15) is 5.75 Å². The van der Waals surface area contributed by atoms with Gasteiger partial charge in [0.15, 0.2) is 5.96 Å². The number of aryl methyl sites for hydroxylation is 1. The summed E-state index contributed by atoms with van der Waals surface area (Å²) in [4.78, 5) is 4.75. The minimum Gasteiger partial charge on any atom is -0.497 e. The molecule has 0 heterocycles. The van der Waals surface area contributed by atoms with Gasteiger partial charge in [-0.2, -0.15) is 0 Å². The highest BCUT2D eigenvalue weighted by molar-refractivity contribution is 14.0. The van der Waals surface area contributed by atoms with E-state index < -0.39 is 0 Å². The number of rotatable bonds is 8. The number of hydrogen-bond acceptors (Lipinski definition) is 3. The van der Waals surface area contributed by atoms with Gasteiger partial charge in [0.2, 0.25) is 0 Å². The Kier molecular flexibility index (Phi) is 11.1. The van der Waals surface area contributed by atoms with Gasteiger partial charge in [-0.3, -0.25) is 0 Å². The summed E-state index contributed by atoms with van der Waals surface area (Å²) in [5, 5.41) is 16.4. The second-order valence-corrected chi connectivity index (χ2v) is 7.44. The topological polar surface area (TPSA) is 65.9 Å². The van der Waals surface area contributed by atoms with E-state index in [4.69, 9.17) is 9.73 Å². The van der Waals surface area contributed by atoms with Crippen LogP contribution in [0.15, 0.2) is 23.2 Å². The molecule has 0 unspecified atom stereocenters. The van der Waals surface area contributed by atoms with Gasteiger partial charge >= 0.3 is 0 Å². The standard InChI is InChI=1S/C21H35N3O2.HI/c1-4-22-20(23-15-18-12-17(2)13-19(14-18)26-3)24-16-21(10-11-25)8-6-5-7-9-21;/h12-14,25H,4-11,15-16H2,1-3H3,(H2,22,23,24);1H. The van der Waals surface area contributed by atoms with Crippen LogP contribution >= 0.6 is 24.0 Å². The Bertz CT molecular complexity index is 581. The number of halogens is 1. The highest BCUT2D eigenvalue weighted by Gasteiger charge is 2.31. The second kappa shape index (κ2) is 12.4. The molecule has 0 atom stereocenters. The van der Waals surface area contributed by atoms with Crippen LogP contribution < -0.4 is 15.4 Å². The largest absolute Gasteiger partial charge is 0.497 e. The Balaban J connectivity index is 0.00000364. The molecule has 5 nitrogen and oxygen atoms in total.